The number of fused-ring (bicyclic) bond motifs is 1. The Labute approximate surface area is 109 Å². The van der Waals surface area contributed by atoms with E-state index in [2.05, 4.69) is 15.5 Å². The maximum Gasteiger partial charge on any atom is 0.272 e. The second kappa shape index (κ2) is 5.62. The van der Waals surface area contributed by atoms with Crippen molar-refractivity contribution in [1.29, 1.82) is 0 Å². The summed E-state index contributed by atoms with van der Waals surface area (Å²) >= 11 is 0. The highest BCUT2D eigenvalue weighted by Crippen LogP contribution is 2.12. The number of nitrogens with zero attached hydrogens (tertiary/aromatic N) is 1. The predicted octanol–water partition coefficient (Wildman–Crippen LogP) is 0.424. The largest absolute Gasteiger partial charge is 0.394 e. The number of carbonyl (C=O) groups excluding carboxylic acids is 1. The van der Waals surface area contributed by atoms with Crippen LogP contribution in [0.25, 0.3) is 10.8 Å². The number of nitrogens with one attached hydrogen (secondary N) is 2. The molecule has 0 radical (unpaired) electrons. The van der Waals surface area contributed by atoms with Gasteiger partial charge in [0.1, 0.15) is 0 Å². The first-order valence-electron chi connectivity index (χ1n) is 6.06. The number of H-pyrrole nitrogens is 1. The van der Waals surface area contributed by atoms with E-state index in [1.807, 2.05) is 6.92 Å². The molecular formula is C13H15N3O3. The third-order valence-corrected chi connectivity index (χ3v) is 2.96. The zero-order valence-electron chi connectivity index (χ0n) is 10.5. The standard InChI is InChI=1S/C13H15N3O3/c1-2-8(7-17)14-13(19)11-9-5-3-4-6-10(9)12(18)16-15-11/h3-6,8,17H,2,7H2,1H3,(H,14,19)(H,16,18)/t8-/m0/s1. The van der Waals surface area contributed by atoms with Gasteiger partial charge in [-0.1, -0.05) is 25.1 Å². The number of aliphatic hydroxyl groups excluding tert-OH is 1. The number of carbonyl (C=O) groups is 1. The summed E-state index contributed by atoms with van der Waals surface area (Å²) in [5.74, 6) is -0.409. The van der Waals surface area contributed by atoms with Crippen molar-refractivity contribution in [3.63, 3.8) is 0 Å². The van der Waals surface area contributed by atoms with E-state index < -0.39 is 5.91 Å². The summed E-state index contributed by atoms with van der Waals surface area (Å²) in [6, 6.07) is 6.45. The van der Waals surface area contributed by atoms with Crippen molar-refractivity contribution < 1.29 is 9.90 Å². The lowest BCUT2D eigenvalue weighted by Crippen LogP contribution is -2.37. The SMILES string of the molecule is CC[C@@H](CO)NC(=O)c1n[nH]c(=O)c2ccccc12. The summed E-state index contributed by atoms with van der Waals surface area (Å²) in [7, 11) is 0. The zero-order valence-corrected chi connectivity index (χ0v) is 10.5. The van der Waals surface area contributed by atoms with Crippen LogP contribution in [0.5, 0.6) is 0 Å². The van der Waals surface area contributed by atoms with Crippen molar-refractivity contribution in [2.75, 3.05) is 6.61 Å². The van der Waals surface area contributed by atoms with Crippen molar-refractivity contribution in [2.45, 2.75) is 19.4 Å². The molecule has 0 aliphatic carbocycles. The van der Waals surface area contributed by atoms with Crippen LogP contribution in [0.2, 0.25) is 0 Å². The van der Waals surface area contributed by atoms with Gasteiger partial charge in [0.2, 0.25) is 0 Å². The third-order valence-electron chi connectivity index (χ3n) is 2.96. The number of rotatable bonds is 4. The average Bonchev–Trinajstić information content (AvgIpc) is 2.45. The summed E-state index contributed by atoms with van der Waals surface area (Å²) in [4.78, 5) is 23.7. The van der Waals surface area contributed by atoms with E-state index in [0.717, 1.165) is 0 Å². The minimum atomic E-state index is -0.409. The lowest BCUT2D eigenvalue weighted by molar-refractivity contribution is 0.0910. The summed E-state index contributed by atoms with van der Waals surface area (Å²) in [5, 5.41) is 18.8. The Morgan fingerprint density at radius 2 is 2.11 bits per heavy atom. The Hall–Kier alpha value is -2.21. The van der Waals surface area contributed by atoms with Gasteiger partial charge in [0.15, 0.2) is 5.69 Å². The molecule has 0 aliphatic rings. The van der Waals surface area contributed by atoms with Crippen LogP contribution in [0, 0.1) is 0 Å². The van der Waals surface area contributed by atoms with E-state index in [0.29, 0.717) is 17.2 Å². The van der Waals surface area contributed by atoms with E-state index in [4.69, 9.17) is 5.11 Å². The van der Waals surface area contributed by atoms with Crippen LogP contribution in [0.15, 0.2) is 29.1 Å². The second-order valence-corrected chi connectivity index (χ2v) is 4.21. The van der Waals surface area contributed by atoms with Crippen LogP contribution < -0.4 is 10.9 Å². The maximum absolute atomic E-state index is 12.1. The highest BCUT2D eigenvalue weighted by molar-refractivity contribution is 6.04. The maximum atomic E-state index is 12.1. The first-order valence-corrected chi connectivity index (χ1v) is 6.06. The summed E-state index contributed by atoms with van der Waals surface area (Å²) in [6.07, 6.45) is 0.615. The molecule has 0 unspecified atom stereocenters. The Morgan fingerprint density at radius 1 is 1.42 bits per heavy atom. The van der Waals surface area contributed by atoms with Crippen molar-refractivity contribution in [3.8, 4) is 0 Å². The Bertz CT molecular complexity index is 647. The summed E-state index contributed by atoms with van der Waals surface area (Å²) in [5.41, 5.74) is -0.177. The molecule has 0 fully saturated rings. The molecule has 1 aromatic heterocycles. The zero-order chi connectivity index (χ0) is 13.8. The van der Waals surface area contributed by atoms with Crippen LogP contribution >= 0.6 is 0 Å². The van der Waals surface area contributed by atoms with Gasteiger partial charge in [0.25, 0.3) is 11.5 Å². The fourth-order valence-corrected chi connectivity index (χ4v) is 1.82. The highest BCUT2D eigenvalue weighted by Gasteiger charge is 2.16. The van der Waals surface area contributed by atoms with Gasteiger partial charge in [-0.3, -0.25) is 9.59 Å². The molecule has 3 N–H and O–H groups in total. The van der Waals surface area contributed by atoms with Gasteiger partial charge in [-0.15, -0.1) is 0 Å². The first-order chi connectivity index (χ1) is 9.17. The molecule has 1 heterocycles. The van der Waals surface area contributed by atoms with Gasteiger partial charge in [0.05, 0.1) is 18.0 Å². The highest BCUT2D eigenvalue weighted by atomic mass is 16.3. The topological polar surface area (TPSA) is 95.1 Å². The Balaban J connectivity index is 2.43. The molecular weight excluding hydrogens is 246 g/mol. The van der Waals surface area contributed by atoms with Crippen molar-refractivity contribution >= 4 is 16.7 Å². The molecule has 19 heavy (non-hydrogen) atoms. The summed E-state index contributed by atoms with van der Waals surface area (Å²) in [6.45, 7) is 1.73. The fraction of sp³-hybridized carbons (Fsp3) is 0.308. The molecule has 0 aliphatic heterocycles. The van der Waals surface area contributed by atoms with Gasteiger partial charge in [0, 0.05) is 5.39 Å². The molecule has 6 nitrogen and oxygen atoms in total. The number of aliphatic hydroxyl groups is 1. The molecule has 0 bridgehead atoms. The molecule has 0 saturated heterocycles. The molecule has 0 spiro atoms. The van der Waals surface area contributed by atoms with Gasteiger partial charge >= 0.3 is 0 Å². The Morgan fingerprint density at radius 3 is 2.74 bits per heavy atom. The quantitative estimate of drug-likeness (QED) is 0.743. The molecule has 6 heteroatoms. The number of benzene rings is 1. The molecule has 1 amide bonds. The monoisotopic (exact) mass is 261 g/mol. The van der Waals surface area contributed by atoms with Crippen molar-refractivity contribution in [2.24, 2.45) is 0 Å². The van der Waals surface area contributed by atoms with E-state index in [9.17, 15) is 9.59 Å². The van der Waals surface area contributed by atoms with E-state index >= 15 is 0 Å². The van der Waals surface area contributed by atoms with Gasteiger partial charge in [-0.2, -0.15) is 5.10 Å². The minimum Gasteiger partial charge on any atom is -0.394 e. The molecule has 2 aromatic rings. The predicted molar refractivity (Wildman–Crippen MR) is 71.0 cm³/mol. The molecule has 2 rings (SSSR count). The van der Waals surface area contributed by atoms with E-state index in [-0.39, 0.29) is 23.9 Å². The normalized spacial score (nSPS) is 12.3. The van der Waals surface area contributed by atoms with Crippen molar-refractivity contribution in [1.82, 2.24) is 15.5 Å². The van der Waals surface area contributed by atoms with Crippen molar-refractivity contribution in [3.05, 3.63) is 40.3 Å². The second-order valence-electron chi connectivity index (χ2n) is 4.21. The Kier molecular flexibility index (Phi) is 3.91. The molecule has 100 valence electrons. The fourth-order valence-electron chi connectivity index (χ4n) is 1.82. The average molecular weight is 261 g/mol. The van der Waals surface area contributed by atoms with Gasteiger partial charge < -0.3 is 10.4 Å². The van der Waals surface area contributed by atoms with Gasteiger partial charge in [-0.25, -0.2) is 5.10 Å². The first kappa shape index (κ1) is 13.2. The number of aromatic amines is 1. The minimum absolute atomic E-state index is 0.135. The number of hydrogen-bond donors (Lipinski definition) is 3. The smallest absolute Gasteiger partial charge is 0.272 e. The summed E-state index contributed by atoms with van der Waals surface area (Å²) < 4.78 is 0. The molecule has 0 saturated carbocycles. The number of aromatic nitrogens is 2. The number of hydrogen-bond acceptors (Lipinski definition) is 4. The van der Waals surface area contributed by atoms with E-state index in [1.165, 1.54) is 0 Å². The lowest BCUT2D eigenvalue weighted by Gasteiger charge is -2.14. The van der Waals surface area contributed by atoms with Crippen LogP contribution in [0.1, 0.15) is 23.8 Å². The molecule has 1 aromatic carbocycles. The third kappa shape index (κ3) is 2.63. The number of amides is 1. The van der Waals surface area contributed by atoms with Crippen LogP contribution in [0.3, 0.4) is 0 Å². The van der Waals surface area contributed by atoms with Crippen LogP contribution in [-0.4, -0.2) is 33.9 Å². The van der Waals surface area contributed by atoms with Crippen LogP contribution in [-0.2, 0) is 0 Å². The van der Waals surface area contributed by atoms with E-state index in [1.54, 1.807) is 24.3 Å². The lowest BCUT2D eigenvalue weighted by atomic mass is 10.1. The van der Waals surface area contributed by atoms with Crippen LogP contribution in [0.4, 0.5) is 0 Å². The van der Waals surface area contributed by atoms with Gasteiger partial charge in [-0.05, 0) is 12.5 Å². The molecule has 1 atom stereocenters.